The van der Waals surface area contributed by atoms with E-state index in [-0.39, 0.29) is 36.9 Å². The van der Waals surface area contributed by atoms with E-state index in [0.29, 0.717) is 31.7 Å². The van der Waals surface area contributed by atoms with Crippen LogP contribution in [-0.4, -0.2) is 136 Å². The van der Waals surface area contributed by atoms with Crippen LogP contribution in [0.2, 0.25) is 0 Å². The van der Waals surface area contributed by atoms with Gasteiger partial charge in [-0.3, -0.25) is 9.69 Å². The molecule has 5 unspecified atom stereocenters. The molecule has 7 bridgehead atoms. The summed E-state index contributed by atoms with van der Waals surface area (Å²) < 4.78 is 44.7. The smallest absolute Gasteiger partial charge is 0.338 e. The molecular formula is C36H51NO11. The van der Waals surface area contributed by atoms with Crippen molar-refractivity contribution < 1.29 is 53.0 Å². The Morgan fingerprint density at radius 3 is 2.27 bits per heavy atom. The topological polar surface area (TPSA) is 142 Å². The number of hydrogen-bond acceptors (Lipinski definition) is 12. The van der Waals surface area contributed by atoms with Gasteiger partial charge in [-0.1, -0.05) is 25.1 Å². The van der Waals surface area contributed by atoms with Crippen molar-refractivity contribution in [3.05, 3.63) is 35.9 Å². The van der Waals surface area contributed by atoms with Crippen LogP contribution >= 0.6 is 0 Å². The number of esters is 2. The summed E-state index contributed by atoms with van der Waals surface area (Å²) in [5.41, 5.74) is -4.14. The molecular weight excluding hydrogens is 622 g/mol. The predicted octanol–water partition coefficient (Wildman–Crippen LogP) is 1.69. The Balaban J connectivity index is 1.51. The summed E-state index contributed by atoms with van der Waals surface area (Å²) in [6, 6.07) is 8.51. The van der Waals surface area contributed by atoms with Gasteiger partial charge in [0.15, 0.2) is 0 Å². The highest BCUT2D eigenvalue weighted by Gasteiger charge is 2.91. The van der Waals surface area contributed by atoms with E-state index in [2.05, 4.69) is 11.8 Å². The van der Waals surface area contributed by atoms with Crippen LogP contribution < -0.4 is 0 Å². The number of carbonyl (C=O) groups excluding carboxylic acids is 2. The third-order valence-electron chi connectivity index (χ3n) is 13.5. The molecule has 1 aromatic rings. The van der Waals surface area contributed by atoms with Gasteiger partial charge >= 0.3 is 11.9 Å². The molecule has 0 radical (unpaired) electrons. The van der Waals surface area contributed by atoms with Gasteiger partial charge in [0, 0.05) is 89.6 Å². The van der Waals surface area contributed by atoms with Crippen LogP contribution in [0.4, 0.5) is 0 Å². The Morgan fingerprint density at radius 1 is 0.958 bits per heavy atom. The van der Waals surface area contributed by atoms with Crippen LogP contribution in [0.15, 0.2) is 30.3 Å². The summed E-state index contributed by atoms with van der Waals surface area (Å²) in [4.78, 5) is 28.9. The normalized spacial score (nSPS) is 48.3. The second-order valence-corrected chi connectivity index (χ2v) is 14.8. The van der Waals surface area contributed by atoms with Crippen molar-refractivity contribution in [1.82, 2.24) is 4.90 Å². The lowest BCUT2D eigenvalue weighted by atomic mass is 9.42. The maximum absolute atomic E-state index is 13.8. The van der Waals surface area contributed by atoms with Gasteiger partial charge in [-0.05, 0) is 37.9 Å². The molecule has 12 nitrogen and oxygen atoms in total. The lowest BCUT2D eigenvalue weighted by molar-refractivity contribution is -0.330. The lowest BCUT2D eigenvalue weighted by Gasteiger charge is -2.70. The average Bonchev–Trinajstić information content (AvgIpc) is 3.44. The van der Waals surface area contributed by atoms with Gasteiger partial charge in [-0.2, -0.15) is 0 Å². The van der Waals surface area contributed by atoms with Gasteiger partial charge in [0.2, 0.25) is 0 Å². The number of carbonyl (C=O) groups is 2. The fourth-order valence-corrected chi connectivity index (χ4v) is 12.7. The van der Waals surface area contributed by atoms with E-state index in [4.69, 9.17) is 33.2 Å². The van der Waals surface area contributed by atoms with Gasteiger partial charge in [-0.15, -0.1) is 0 Å². The third kappa shape index (κ3) is 4.00. The van der Waals surface area contributed by atoms with E-state index in [1.54, 1.807) is 45.6 Å². The average molecular weight is 674 g/mol. The minimum atomic E-state index is -1.74. The molecule has 48 heavy (non-hydrogen) atoms. The van der Waals surface area contributed by atoms with Gasteiger partial charge in [0.25, 0.3) is 0 Å². The number of ether oxygens (including phenoxy) is 7. The molecule has 5 aliphatic carbocycles. The molecule has 1 spiro atoms. The largest absolute Gasteiger partial charge is 0.462 e. The molecule has 6 fully saturated rings. The van der Waals surface area contributed by atoms with E-state index in [9.17, 15) is 19.8 Å². The van der Waals surface area contributed by atoms with Crippen molar-refractivity contribution in [3.63, 3.8) is 0 Å². The SMILES string of the molecule is CCO[C@@]12C3C(OC)[C@H]4C5(C(OC)C[C@@H](OC(C)=O)[C@@]4(COC)CN(CC)C35)[C@@H]3C[C@@](O)([C@@H](OC(=O)c4ccccc4)[C@@H]31)[C@@H](OC)[C@@H]2O. The molecule has 6 aliphatic rings. The van der Waals surface area contributed by atoms with Crippen molar-refractivity contribution in [3.8, 4) is 0 Å². The van der Waals surface area contributed by atoms with Crippen molar-refractivity contribution in [1.29, 1.82) is 0 Å². The first kappa shape index (κ1) is 34.3. The number of aliphatic hydroxyl groups excluding tert-OH is 1. The fourth-order valence-electron chi connectivity index (χ4n) is 12.7. The zero-order valence-corrected chi connectivity index (χ0v) is 29.0. The summed E-state index contributed by atoms with van der Waals surface area (Å²) >= 11 is 0. The first-order chi connectivity index (χ1) is 23.0. The van der Waals surface area contributed by atoms with Crippen LogP contribution in [0.25, 0.3) is 0 Å². The number of fused-ring (bicyclic) bond motifs is 2. The zero-order chi connectivity index (χ0) is 34.4. The second kappa shape index (κ2) is 12.0. The van der Waals surface area contributed by atoms with Crippen LogP contribution in [0.3, 0.4) is 0 Å². The van der Waals surface area contributed by atoms with E-state index in [1.165, 1.54) is 14.0 Å². The quantitative estimate of drug-likeness (QED) is 0.330. The highest BCUT2D eigenvalue weighted by molar-refractivity contribution is 5.89. The Labute approximate surface area is 282 Å². The highest BCUT2D eigenvalue weighted by atomic mass is 16.6. The van der Waals surface area contributed by atoms with E-state index >= 15 is 0 Å². The third-order valence-corrected chi connectivity index (χ3v) is 13.5. The molecule has 1 aromatic carbocycles. The molecule has 12 heteroatoms. The molecule has 0 amide bonds. The Hall–Kier alpha value is -2.16. The molecule has 7 rings (SSSR count). The van der Waals surface area contributed by atoms with Crippen molar-refractivity contribution in [2.24, 2.45) is 34.5 Å². The van der Waals surface area contributed by atoms with Crippen LogP contribution in [0.1, 0.15) is 44.0 Å². The molecule has 1 saturated heterocycles. The predicted molar refractivity (Wildman–Crippen MR) is 170 cm³/mol. The number of rotatable bonds is 11. The van der Waals surface area contributed by atoms with Crippen molar-refractivity contribution in [2.75, 3.05) is 54.7 Å². The maximum atomic E-state index is 13.8. The summed E-state index contributed by atoms with van der Waals surface area (Å²) in [6.45, 7) is 7.20. The Bertz CT molecular complexity index is 1400. The first-order valence-corrected chi connectivity index (χ1v) is 17.3. The first-order valence-electron chi connectivity index (χ1n) is 17.3. The molecule has 2 N–H and O–H groups in total. The summed E-state index contributed by atoms with van der Waals surface area (Å²) in [5.74, 6) is -2.72. The van der Waals surface area contributed by atoms with E-state index in [1.807, 2.05) is 13.0 Å². The Kier molecular flexibility index (Phi) is 8.55. The maximum Gasteiger partial charge on any atom is 0.338 e. The standard InChI is InChI=1S/C36H51NO11/c1-8-37-17-33(18-42-4)22(47-19(3)38)15-23(43-5)35-21-16-34(41)30(48-32(40)20-13-11-10-12-14-20)24(21)36(46-9-2,29(39)31(34)45-7)25(28(35)37)26(44-6)27(33)35/h10-14,21-31,39,41H,8-9,15-18H2,1-7H3/t21-,22-,23?,24-,25?,26?,27-,28?,29+,30+,31+,33+,34-,35?,36-/m1/s1. The van der Waals surface area contributed by atoms with E-state index < -0.39 is 76.5 Å². The molecule has 0 aromatic heterocycles. The summed E-state index contributed by atoms with van der Waals surface area (Å²) in [7, 11) is 6.51. The zero-order valence-electron chi connectivity index (χ0n) is 29.0. The second-order valence-electron chi connectivity index (χ2n) is 14.8. The monoisotopic (exact) mass is 673 g/mol. The minimum Gasteiger partial charge on any atom is -0.462 e. The molecule has 1 aliphatic heterocycles. The number of likely N-dealkylation sites (tertiary alicyclic amines) is 1. The minimum absolute atomic E-state index is 0.170. The van der Waals surface area contributed by atoms with Crippen molar-refractivity contribution >= 4 is 11.9 Å². The molecule has 5 saturated carbocycles. The van der Waals surface area contributed by atoms with E-state index in [0.717, 1.165) is 0 Å². The van der Waals surface area contributed by atoms with Gasteiger partial charge in [0.1, 0.15) is 35.6 Å². The summed E-state index contributed by atoms with van der Waals surface area (Å²) in [6.07, 6.45) is -4.37. The Morgan fingerprint density at radius 2 is 1.69 bits per heavy atom. The number of hydrogen-bond donors (Lipinski definition) is 2. The molecule has 15 atom stereocenters. The number of aliphatic hydroxyl groups is 2. The van der Waals surface area contributed by atoms with Gasteiger partial charge in [0.05, 0.1) is 24.4 Å². The number of nitrogens with zero attached hydrogens (tertiary/aromatic N) is 1. The van der Waals surface area contributed by atoms with Crippen LogP contribution in [-0.2, 0) is 38.0 Å². The lowest BCUT2D eigenvalue weighted by Crippen LogP contribution is -2.81. The number of piperidine rings is 1. The molecule has 266 valence electrons. The van der Waals surface area contributed by atoms with Crippen LogP contribution in [0, 0.1) is 34.5 Å². The summed E-state index contributed by atoms with van der Waals surface area (Å²) in [5, 5.41) is 25.5. The fraction of sp³-hybridized carbons (Fsp3) is 0.778. The van der Waals surface area contributed by atoms with Gasteiger partial charge in [-0.25, -0.2) is 4.79 Å². The van der Waals surface area contributed by atoms with Gasteiger partial charge < -0.3 is 43.4 Å². The molecule has 1 heterocycles. The number of methoxy groups -OCH3 is 4. The highest BCUT2D eigenvalue weighted by Crippen LogP contribution is 2.80. The van der Waals surface area contributed by atoms with Crippen LogP contribution in [0.5, 0.6) is 0 Å². The number of benzene rings is 1. The van der Waals surface area contributed by atoms with Crippen molar-refractivity contribution in [2.45, 2.75) is 87.5 Å².